The van der Waals surface area contributed by atoms with Gasteiger partial charge in [0.2, 0.25) is 11.8 Å². The van der Waals surface area contributed by atoms with Crippen LogP contribution in [0.1, 0.15) is 17.5 Å². The molecule has 0 fully saturated rings. The molecule has 0 aliphatic carbocycles. The standard InChI is InChI=1S/C17H16BrClN2O2/c1-10-3-6-14(13(18)7-10)20-16(22)9-17(23)21-15-8-12(19)5-4-11(15)2/h3-8H,9H2,1-2H3,(H,20,22)(H,21,23). The van der Waals surface area contributed by atoms with E-state index in [1.165, 1.54) is 0 Å². The summed E-state index contributed by atoms with van der Waals surface area (Å²) in [6, 6.07) is 10.8. The third-order valence-corrected chi connectivity index (χ3v) is 4.08. The molecule has 0 aromatic heterocycles. The van der Waals surface area contributed by atoms with E-state index in [1.807, 2.05) is 26.0 Å². The molecular formula is C17H16BrClN2O2. The zero-order valence-electron chi connectivity index (χ0n) is 12.7. The predicted octanol–water partition coefficient (Wildman–Crippen LogP) is 4.69. The van der Waals surface area contributed by atoms with E-state index < -0.39 is 5.91 Å². The van der Waals surface area contributed by atoms with Gasteiger partial charge in [0, 0.05) is 15.2 Å². The molecular weight excluding hydrogens is 380 g/mol. The highest BCUT2D eigenvalue weighted by molar-refractivity contribution is 9.10. The second-order valence-corrected chi connectivity index (χ2v) is 6.51. The first-order chi connectivity index (χ1) is 10.8. The maximum absolute atomic E-state index is 12.0. The van der Waals surface area contributed by atoms with Gasteiger partial charge in [-0.2, -0.15) is 0 Å². The molecule has 0 atom stereocenters. The number of benzene rings is 2. The van der Waals surface area contributed by atoms with Crippen LogP contribution in [0.5, 0.6) is 0 Å². The average molecular weight is 396 g/mol. The molecule has 2 rings (SSSR count). The van der Waals surface area contributed by atoms with Gasteiger partial charge in [0.05, 0.1) is 5.69 Å². The van der Waals surface area contributed by atoms with Crippen LogP contribution in [0.25, 0.3) is 0 Å². The molecule has 4 nitrogen and oxygen atoms in total. The molecule has 0 radical (unpaired) electrons. The minimum Gasteiger partial charge on any atom is -0.325 e. The molecule has 6 heteroatoms. The zero-order valence-corrected chi connectivity index (χ0v) is 15.1. The highest BCUT2D eigenvalue weighted by Crippen LogP contribution is 2.24. The van der Waals surface area contributed by atoms with Crippen LogP contribution >= 0.6 is 27.5 Å². The third kappa shape index (κ3) is 5.08. The summed E-state index contributed by atoms with van der Waals surface area (Å²) in [5.74, 6) is -0.775. The molecule has 0 spiro atoms. The summed E-state index contributed by atoms with van der Waals surface area (Å²) < 4.78 is 0.775. The first kappa shape index (κ1) is 17.5. The summed E-state index contributed by atoms with van der Waals surface area (Å²) in [7, 11) is 0. The summed E-state index contributed by atoms with van der Waals surface area (Å²) in [6.07, 6.45) is -0.272. The van der Waals surface area contributed by atoms with Crippen molar-refractivity contribution in [3.8, 4) is 0 Å². The van der Waals surface area contributed by atoms with Crippen molar-refractivity contribution in [3.05, 3.63) is 57.0 Å². The lowest BCUT2D eigenvalue weighted by atomic mass is 10.2. The van der Waals surface area contributed by atoms with Crippen molar-refractivity contribution < 1.29 is 9.59 Å². The lowest BCUT2D eigenvalue weighted by Crippen LogP contribution is -2.22. The number of rotatable bonds is 4. The molecule has 2 aromatic carbocycles. The van der Waals surface area contributed by atoms with Crippen LogP contribution in [0.15, 0.2) is 40.9 Å². The molecule has 0 aliphatic rings. The second kappa shape index (κ2) is 7.62. The maximum Gasteiger partial charge on any atom is 0.233 e. The molecule has 2 N–H and O–H groups in total. The quantitative estimate of drug-likeness (QED) is 0.738. The Bertz CT molecular complexity index is 762. The van der Waals surface area contributed by atoms with Crippen LogP contribution in [-0.2, 0) is 9.59 Å². The van der Waals surface area contributed by atoms with Gasteiger partial charge in [0.1, 0.15) is 6.42 Å². The largest absolute Gasteiger partial charge is 0.325 e. The van der Waals surface area contributed by atoms with Crippen molar-refractivity contribution in [2.45, 2.75) is 20.3 Å². The van der Waals surface area contributed by atoms with Crippen LogP contribution in [0, 0.1) is 13.8 Å². The van der Waals surface area contributed by atoms with E-state index in [0.29, 0.717) is 16.4 Å². The van der Waals surface area contributed by atoms with E-state index in [4.69, 9.17) is 11.6 Å². The van der Waals surface area contributed by atoms with E-state index >= 15 is 0 Å². The van der Waals surface area contributed by atoms with Gasteiger partial charge in [0.15, 0.2) is 0 Å². The number of anilines is 2. The van der Waals surface area contributed by atoms with Crippen molar-refractivity contribution in [1.29, 1.82) is 0 Å². The lowest BCUT2D eigenvalue weighted by Gasteiger charge is -2.10. The Morgan fingerprint density at radius 1 is 1.00 bits per heavy atom. The summed E-state index contributed by atoms with van der Waals surface area (Å²) in [5, 5.41) is 5.93. The third-order valence-electron chi connectivity index (χ3n) is 3.19. The molecule has 2 aromatic rings. The zero-order chi connectivity index (χ0) is 17.0. The lowest BCUT2D eigenvalue weighted by molar-refractivity contribution is -0.123. The second-order valence-electron chi connectivity index (χ2n) is 5.22. The van der Waals surface area contributed by atoms with E-state index in [2.05, 4.69) is 26.6 Å². The van der Waals surface area contributed by atoms with E-state index in [-0.39, 0.29) is 12.3 Å². The number of hydrogen-bond donors (Lipinski definition) is 2. The fourth-order valence-corrected chi connectivity index (χ4v) is 2.75. The van der Waals surface area contributed by atoms with Crippen LogP contribution in [0.4, 0.5) is 11.4 Å². The van der Waals surface area contributed by atoms with Crippen LogP contribution in [0.2, 0.25) is 5.02 Å². The minimum absolute atomic E-state index is 0.272. The molecule has 0 heterocycles. The highest BCUT2D eigenvalue weighted by atomic mass is 79.9. The van der Waals surface area contributed by atoms with Gasteiger partial charge in [-0.05, 0) is 65.2 Å². The fraction of sp³-hybridized carbons (Fsp3) is 0.176. The van der Waals surface area contributed by atoms with E-state index in [9.17, 15) is 9.59 Å². The Hall–Kier alpha value is -1.85. The highest BCUT2D eigenvalue weighted by Gasteiger charge is 2.12. The number of halogens is 2. The van der Waals surface area contributed by atoms with Gasteiger partial charge in [-0.25, -0.2) is 0 Å². The van der Waals surface area contributed by atoms with Crippen molar-refractivity contribution >= 4 is 50.7 Å². The predicted molar refractivity (Wildman–Crippen MR) is 96.9 cm³/mol. The summed E-state index contributed by atoms with van der Waals surface area (Å²) in [4.78, 5) is 24.0. The topological polar surface area (TPSA) is 58.2 Å². The van der Waals surface area contributed by atoms with Crippen molar-refractivity contribution in [3.63, 3.8) is 0 Å². The van der Waals surface area contributed by atoms with Gasteiger partial charge in [0.25, 0.3) is 0 Å². The molecule has 0 unspecified atom stereocenters. The summed E-state index contributed by atoms with van der Waals surface area (Å²) in [5.41, 5.74) is 3.19. The van der Waals surface area contributed by atoms with Gasteiger partial charge >= 0.3 is 0 Å². The Morgan fingerprint density at radius 2 is 1.65 bits per heavy atom. The van der Waals surface area contributed by atoms with E-state index in [1.54, 1.807) is 24.3 Å². The van der Waals surface area contributed by atoms with E-state index in [0.717, 1.165) is 15.6 Å². The SMILES string of the molecule is Cc1ccc(NC(=O)CC(=O)Nc2cc(Cl)ccc2C)c(Br)c1. The smallest absolute Gasteiger partial charge is 0.233 e. The number of carbonyl (C=O) groups excluding carboxylic acids is 2. The first-order valence-corrected chi connectivity index (χ1v) is 8.14. The monoisotopic (exact) mass is 394 g/mol. The number of hydrogen-bond acceptors (Lipinski definition) is 2. The number of nitrogens with one attached hydrogen (secondary N) is 2. The molecule has 0 aliphatic heterocycles. The summed E-state index contributed by atoms with van der Waals surface area (Å²) in [6.45, 7) is 3.81. The number of amides is 2. The summed E-state index contributed by atoms with van der Waals surface area (Å²) >= 11 is 9.29. The van der Waals surface area contributed by atoms with Gasteiger partial charge < -0.3 is 10.6 Å². The van der Waals surface area contributed by atoms with Crippen LogP contribution < -0.4 is 10.6 Å². The Morgan fingerprint density at radius 3 is 2.30 bits per heavy atom. The maximum atomic E-state index is 12.0. The van der Waals surface area contributed by atoms with Gasteiger partial charge in [-0.3, -0.25) is 9.59 Å². The molecule has 120 valence electrons. The first-order valence-electron chi connectivity index (χ1n) is 6.97. The number of aryl methyl sites for hydroxylation is 2. The van der Waals surface area contributed by atoms with Crippen LogP contribution in [-0.4, -0.2) is 11.8 Å². The average Bonchev–Trinajstić information content (AvgIpc) is 2.46. The Balaban J connectivity index is 1.97. The minimum atomic E-state index is -0.392. The molecule has 23 heavy (non-hydrogen) atoms. The number of carbonyl (C=O) groups is 2. The van der Waals surface area contributed by atoms with Gasteiger partial charge in [-0.15, -0.1) is 0 Å². The van der Waals surface area contributed by atoms with Gasteiger partial charge in [-0.1, -0.05) is 23.7 Å². The fourth-order valence-electron chi connectivity index (χ4n) is 1.99. The molecule has 0 saturated carbocycles. The molecule has 2 amide bonds. The molecule has 0 bridgehead atoms. The normalized spacial score (nSPS) is 10.3. The Labute approximate surface area is 148 Å². The van der Waals surface area contributed by atoms with Crippen molar-refractivity contribution in [2.24, 2.45) is 0 Å². The van der Waals surface area contributed by atoms with Crippen molar-refractivity contribution in [1.82, 2.24) is 0 Å². The Kier molecular flexibility index (Phi) is 5.80. The molecule has 0 saturated heterocycles. The van der Waals surface area contributed by atoms with Crippen molar-refractivity contribution in [2.75, 3.05) is 10.6 Å². The van der Waals surface area contributed by atoms with Crippen LogP contribution in [0.3, 0.4) is 0 Å².